The second-order valence-corrected chi connectivity index (χ2v) is 18.6. The van der Waals surface area contributed by atoms with Gasteiger partial charge in [-0.1, -0.05) is 188 Å². The Balaban J connectivity index is 1.11. The van der Waals surface area contributed by atoms with Crippen LogP contribution in [0.1, 0.15) is 5.56 Å². The Kier molecular flexibility index (Phi) is 10.5. The Labute approximate surface area is 416 Å². The predicted octanol–water partition coefficient (Wildman–Crippen LogP) is 16.8. The Hall–Kier alpha value is -9.12. The predicted molar refractivity (Wildman–Crippen MR) is 301 cm³/mol. The summed E-state index contributed by atoms with van der Waals surface area (Å²) in [7, 11) is 0. The lowest BCUT2D eigenvalue weighted by Crippen LogP contribution is -2.61. The highest BCUT2D eigenvalue weighted by molar-refractivity contribution is 6.93. The number of benzene rings is 11. The fourth-order valence-electron chi connectivity index (χ4n) is 11.0. The van der Waals surface area contributed by atoms with Crippen LogP contribution >= 0.6 is 0 Å². The van der Waals surface area contributed by atoms with E-state index in [0.717, 1.165) is 39.8 Å². The molecule has 0 aromatic heterocycles. The minimum Gasteiger partial charge on any atom is -0.376 e. The van der Waals surface area contributed by atoms with Crippen LogP contribution in [0, 0.1) is 6.92 Å². The summed E-state index contributed by atoms with van der Waals surface area (Å²) >= 11 is 0. The smallest absolute Gasteiger partial charge is 0.333 e. The number of hydrogen-bond donors (Lipinski definition) is 0. The van der Waals surface area contributed by atoms with Crippen molar-refractivity contribution >= 4 is 63.3 Å². The van der Waals surface area contributed by atoms with Gasteiger partial charge in [0, 0.05) is 51.1 Å². The van der Waals surface area contributed by atoms with E-state index in [2.05, 4.69) is 295 Å². The summed E-state index contributed by atoms with van der Waals surface area (Å²) in [6.45, 7) is 2.05. The largest absolute Gasteiger partial charge is 0.376 e. The Morgan fingerprint density at radius 2 is 0.789 bits per heavy atom. The summed E-state index contributed by atoms with van der Waals surface area (Å²) in [4.78, 5) is 7.53. The highest BCUT2D eigenvalue weighted by Crippen LogP contribution is 2.50. The quantitative estimate of drug-likeness (QED) is 0.134. The topological polar surface area (TPSA) is 9.72 Å². The van der Waals surface area contributed by atoms with E-state index in [-0.39, 0.29) is 6.85 Å². The molecular weight excluding hydrogens is 858 g/mol. The molecule has 0 radical (unpaired) electrons. The third-order valence-electron chi connectivity index (χ3n) is 14.4. The Morgan fingerprint density at radius 3 is 1.37 bits per heavy atom. The minimum atomic E-state index is -0.176. The van der Waals surface area contributed by atoms with E-state index in [9.17, 15) is 0 Å². The first-order chi connectivity index (χ1) is 35.1. The van der Waals surface area contributed by atoms with Gasteiger partial charge in [0.05, 0.1) is 0 Å². The Bertz CT molecular complexity index is 3650. The van der Waals surface area contributed by atoms with E-state index in [1.807, 2.05) is 0 Å². The minimum absolute atomic E-state index is 0.176. The Morgan fingerprint density at radius 1 is 0.310 bits per heavy atom. The van der Waals surface area contributed by atoms with Gasteiger partial charge in [0.1, 0.15) is 0 Å². The highest BCUT2D eigenvalue weighted by atomic mass is 15.2. The maximum Gasteiger partial charge on any atom is 0.333 e. The molecule has 0 unspecified atom stereocenters. The van der Waals surface area contributed by atoms with Crippen molar-refractivity contribution in [2.45, 2.75) is 6.92 Å². The van der Waals surface area contributed by atoms with Crippen LogP contribution in [0.3, 0.4) is 0 Å². The van der Waals surface area contributed by atoms with Crippen LogP contribution in [0.2, 0.25) is 0 Å². The van der Waals surface area contributed by atoms with Crippen molar-refractivity contribution in [1.29, 1.82) is 0 Å². The molecule has 0 aliphatic carbocycles. The van der Waals surface area contributed by atoms with Gasteiger partial charge in [-0.3, -0.25) is 0 Å². The number of anilines is 8. The van der Waals surface area contributed by atoms with Gasteiger partial charge >= 0.3 is 6.85 Å². The summed E-state index contributed by atoms with van der Waals surface area (Å²) in [6.07, 6.45) is 0. The van der Waals surface area contributed by atoms with Crippen molar-refractivity contribution in [2.24, 2.45) is 0 Å². The number of rotatable bonds is 9. The molecule has 3 nitrogen and oxygen atoms in total. The molecule has 11 aromatic rings. The molecule has 0 N–H and O–H groups in total. The van der Waals surface area contributed by atoms with Crippen LogP contribution in [-0.4, -0.2) is 6.85 Å². The highest BCUT2D eigenvalue weighted by Gasteiger charge is 2.45. The second-order valence-electron chi connectivity index (χ2n) is 18.6. The van der Waals surface area contributed by atoms with Gasteiger partial charge in [0.2, 0.25) is 0 Å². The normalized spacial score (nSPS) is 12.2. The fourth-order valence-corrected chi connectivity index (χ4v) is 11.0. The molecule has 0 spiro atoms. The van der Waals surface area contributed by atoms with E-state index >= 15 is 0 Å². The van der Waals surface area contributed by atoms with Crippen LogP contribution < -0.4 is 25.5 Å². The summed E-state index contributed by atoms with van der Waals surface area (Å²) in [5.41, 5.74) is 24.7. The molecule has 0 bridgehead atoms. The molecule has 2 aliphatic rings. The van der Waals surface area contributed by atoms with Crippen LogP contribution in [0.15, 0.2) is 273 Å². The lowest BCUT2D eigenvalue weighted by molar-refractivity contribution is 1.26. The average molecular weight is 906 g/mol. The third kappa shape index (κ3) is 7.49. The molecule has 13 rings (SSSR count). The third-order valence-corrected chi connectivity index (χ3v) is 14.4. The summed E-state index contributed by atoms with van der Waals surface area (Å²) in [6, 6.07) is 100. The zero-order valence-electron chi connectivity index (χ0n) is 39.4. The lowest BCUT2D eigenvalue weighted by atomic mass is 9.43. The van der Waals surface area contributed by atoms with E-state index < -0.39 is 0 Å². The van der Waals surface area contributed by atoms with E-state index in [1.165, 1.54) is 77.8 Å². The van der Waals surface area contributed by atoms with Crippen molar-refractivity contribution in [3.8, 4) is 55.6 Å². The van der Waals surface area contributed by atoms with Crippen molar-refractivity contribution in [2.75, 3.05) is 14.6 Å². The number of para-hydroxylation sites is 2. The zero-order chi connectivity index (χ0) is 47.3. The molecule has 334 valence electrons. The van der Waals surface area contributed by atoms with Crippen molar-refractivity contribution in [3.63, 3.8) is 0 Å². The first-order valence-electron chi connectivity index (χ1n) is 24.5. The van der Waals surface area contributed by atoms with E-state index in [1.54, 1.807) is 0 Å². The second kappa shape index (κ2) is 17.8. The van der Waals surface area contributed by atoms with Crippen molar-refractivity contribution < 1.29 is 0 Å². The first-order valence-corrected chi connectivity index (χ1v) is 24.5. The van der Waals surface area contributed by atoms with E-state index in [0.29, 0.717) is 0 Å². The van der Waals surface area contributed by atoms with Gasteiger partial charge in [-0.25, -0.2) is 0 Å². The molecule has 0 saturated carbocycles. The van der Waals surface area contributed by atoms with Crippen LogP contribution in [0.25, 0.3) is 55.6 Å². The van der Waals surface area contributed by atoms with Crippen molar-refractivity contribution in [3.05, 3.63) is 279 Å². The van der Waals surface area contributed by atoms with Gasteiger partial charge in [0.25, 0.3) is 0 Å². The SMILES string of the molecule is Cc1ccccc1-c1cc2c3c(c1)N(c1ccc(-c4ccccc4)cc1)c1ccc(-c4ccccc4)cc1B3N(c1ccc(-c3ccccc3)cc1)c1ccc(N(c3ccccc3)c3ccccc3)cc1-2. The van der Waals surface area contributed by atoms with Gasteiger partial charge in [-0.05, 0) is 158 Å². The van der Waals surface area contributed by atoms with Gasteiger partial charge < -0.3 is 14.6 Å². The van der Waals surface area contributed by atoms with Crippen LogP contribution in [-0.2, 0) is 0 Å². The number of nitrogens with zero attached hydrogens (tertiary/aromatic N) is 3. The number of fused-ring (bicyclic) bond motifs is 4. The first kappa shape index (κ1) is 42.0. The molecule has 0 amide bonds. The maximum absolute atomic E-state index is 2.62. The average Bonchev–Trinajstić information content (AvgIpc) is 3.45. The molecule has 0 atom stereocenters. The fraction of sp³-hybridized carbons (Fsp3) is 0.0149. The molecule has 0 saturated heterocycles. The molecular formula is C67H48BN3. The van der Waals surface area contributed by atoms with E-state index in [4.69, 9.17) is 0 Å². The van der Waals surface area contributed by atoms with Gasteiger partial charge in [0.15, 0.2) is 0 Å². The molecule has 2 heterocycles. The zero-order valence-corrected chi connectivity index (χ0v) is 39.4. The monoisotopic (exact) mass is 905 g/mol. The summed E-state index contributed by atoms with van der Waals surface area (Å²) in [5.74, 6) is 0. The summed E-state index contributed by atoms with van der Waals surface area (Å²) in [5, 5.41) is 0. The number of hydrogen-bond acceptors (Lipinski definition) is 3. The molecule has 4 heteroatoms. The van der Waals surface area contributed by atoms with Crippen molar-refractivity contribution in [1.82, 2.24) is 0 Å². The van der Waals surface area contributed by atoms with Gasteiger partial charge in [-0.15, -0.1) is 0 Å². The van der Waals surface area contributed by atoms with Crippen LogP contribution in [0.5, 0.6) is 0 Å². The molecule has 11 aromatic carbocycles. The standard InChI is InChI=1S/C67H48BN3/c1-47-19-17-18-30-60(47)54-43-62-61-46-59(69(55-26-13-5-14-27-55)56-28-15-6-16-29-56)40-42-64(61)71(58-38-33-52(34-39-58)49-22-9-3-10-23-49)68-63-44-53(50-24-11-4-12-25-50)35-41-65(63)70(66(45-54)67(62)68)57-36-31-51(32-37-57)48-20-7-2-8-21-48/h2-46H,1H3. The summed E-state index contributed by atoms with van der Waals surface area (Å²) < 4.78 is 0. The molecule has 71 heavy (non-hydrogen) atoms. The number of aryl methyl sites for hydroxylation is 1. The lowest BCUT2D eigenvalue weighted by Gasteiger charge is -2.46. The van der Waals surface area contributed by atoms with Gasteiger partial charge in [-0.2, -0.15) is 0 Å². The maximum atomic E-state index is 2.62. The van der Waals surface area contributed by atoms with Crippen LogP contribution in [0.4, 0.5) is 45.5 Å². The molecule has 2 aliphatic heterocycles. The molecule has 0 fully saturated rings.